The van der Waals surface area contributed by atoms with Crippen molar-refractivity contribution in [3.05, 3.63) is 107 Å². The average molecular weight is 608 g/mol. The van der Waals surface area contributed by atoms with Crippen molar-refractivity contribution in [3.63, 3.8) is 0 Å². The molecule has 7 heteroatoms. The number of nitrogens with zero attached hydrogens (tertiary/aromatic N) is 2. The van der Waals surface area contributed by atoms with Gasteiger partial charge in [0.1, 0.15) is 5.54 Å². The van der Waals surface area contributed by atoms with Gasteiger partial charge in [-0.05, 0) is 47.4 Å². The van der Waals surface area contributed by atoms with Crippen LogP contribution in [-0.2, 0) is 30.8 Å². The fraction of sp³-hybridized carbons (Fsp3) is 0.447. The highest BCUT2D eigenvalue weighted by atomic mass is 16.2. The minimum absolute atomic E-state index is 0.0527. The summed E-state index contributed by atoms with van der Waals surface area (Å²) in [7, 11) is 0. The van der Waals surface area contributed by atoms with Gasteiger partial charge in [0.2, 0.25) is 0 Å². The predicted molar refractivity (Wildman–Crippen MR) is 181 cm³/mol. The second kappa shape index (κ2) is 15.7. The minimum Gasteiger partial charge on any atom is -0.342 e. The Bertz CT molecular complexity index is 1390. The van der Waals surface area contributed by atoms with E-state index in [-0.39, 0.29) is 17.9 Å². The lowest BCUT2D eigenvalue weighted by Gasteiger charge is -2.33. The molecule has 3 aromatic carbocycles. The summed E-state index contributed by atoms with van der Waals surface area (Å²) in [4.78, 5) is 30.7. The number of carbonyl (C=O) groups is 2. The van der Waals surface area contributed by atoms with Crippen LogP contribution in [-0.4, -0.2) is 39.8 Å². The molecule has 1 atom stereocenters. The van der Waals surface area contributed by atoms with Crippen molar-refractivity contribution in [1.82, 2.24) is 20.4 Å². The van der Waals surface area contributed by atoms with Crippen LogP contribution in [0.15, 0.2) is 84.9 Å². The maximum atomic E-state index is 13.9. The monoisotopic (exact) mass is 607 g/mol. The van der Waals surface area contributed by atoms with E-state index in [2.05, 4.69) is 29.7 Å². The number of unbranched alkanes of at least 4 members (excludes halogenated alkanes) is 1. The van der Waals surface area contributed by atoms with Crippen LogP contribution in [0.1, 0.15) is 87.0 Å². The van der Waals surface area contributed by atoms with Crippen molar-refractivity contribution in [3.8, 4) is 0 Å². The van der Waals surface area contributed by atoms with Crippen LogP contribution >= 0.6 is 0 Å². The molecule has 7 nitrogen and oxygen atoms in total. The fourth-order valence-corrected chi connectivity index (χ4v) is 6.83. The first-order valence-corrected chi connectivity index (χ1v) is 16.8. The Morgan fingerprint density at radius 1 is 0.911 bits per heavy atom. The largest absolute Gasteiger partial charge is 0.342 e. The Morgan fingerprint density at radius 2 is 1.56 bits per heavy atom. The van der Waals surface area contributed by atoms with Gasteiger partial charge in [0.25, 0.3) is 5.91 Å². The quantitative estimate of drug-likeness (QED) is 0.178. The van der Waals surface area contributed by atoms with E-state index in [1.165, 1.54) is 37.7 Å². The molecule has 1 saturated heterocycles. The number of guanidine groups is 1. The van der Waals surface area contributed by atoms with Gasteiger partial charge in [-0.3, -0.25) is 15.1 Å². The van der Waals surface area contributed by atoms with Crippen LogP contribution in [0.3, 0.4) is 0 Å². The topological polar surface area (TPSA) is 88.5 Å². The van der Waals surface area contributed by atoms with Crippen molar-refractivity contribution >= 4 is 17.9 Å². The van der Waals surface area contributed by atoms with Gasteiger partial charge in [-0.25, -0.2) is 4.79 Å². The molecule has 1 saturated carbocycles. The Hall–Kier alpha value is -4.13. The van der Waals surface area contributed by atoms with Crippen molar-refractivity contribution in [2.75, 3.05) is 6.54 Å². The summed E-state index contributed by atoms with van der Waals surface area (Å²) < 4.78 is 0. The van der Waals surface area contributed by atoms with Gasteiger partial charge in [0.05, 0.1) is 6.54 Å². The summed E-state index contributed by atoms with van der Waals surface area (Å²) in [6.07, 6.45) is 10.6. The van der Waals surface area contributed by atoms with Gasteiger partial charge < -0.3 is 15.5 Å². The predicted octanol–water partition coefficient (Wildman–Crippen LogP) is 7.41. The van der Waals surface area contributed by atoms with Crippen LogP contribution in [0.2, 0.25) is 0 Å². The lowest BCUT2D eigenvalue weighted by Crippen LogP contribution is -2.48. The second-order valence-corrected chi connectivity index (χ2v) is 12.9. The number of amides is 3. The summed E-state index contributed by atoms with van der Waals surface area (Å²) in [5.74, 6) is 0.824. The minimum atomic E-state index is -0.647. The lowest BCUT2D eigenvalue weighted by molar-refractivity contribution is -0.132. The molecule has 0 aromatic heterocycles. The summed E-state index contributed by atoms with van der Waals surface area (Å²) in [5, 5.41) is 15.2. The van der Waals surface area contributed by atoms with Gasteiger partial charge >= 0.3 is 6.03 Å². The van der Waals surface area contributed by atoms with Gasteiger partial charge in [-0.1, -0.05) is 137 Å². The molecular weight excluding hydrogens is 558 g/mol. The zero-order chi connectivity index (χ0) is 31.5. The smallest absolute Gasteiger partial charge is 0.317 e. The van der Waals surface area contributed by atoms with Crippen LogP contribution in [0.5, 0.6) is 0 Å². The molecule has 2 aliphatic rings. The van der Waals surface area contributed by atoms with E-state index < -0.39 is 5.54 Å². The van der Waals surface area contributed by atoms with E-state index in [1.54, 1.807) is 4.90 Å². The molecule has 1 heterocycles. The number of urea groups is 1. The van der Waals surface area contributed by atoms with Gasteiger partial charge in [-0.2, -0.15) is 0 Å². The van der Waals surface area contributed by atoms with E-state index in [9.17, 15) is 9.59 Å². The first-order chi connectivity index (χ1) is 22.0. The Morgan fingerprint density at radius 3 is 2.22 bits per heavy atom. The SMILES string of the molecule is CCCCC1(CC2CCCCC2)NC(=N)N(Cc2ccc(CNC(=O)N(CCc3ccccc3)Cc3ccccc3)cc2)C1=O. The summed E-state index contributed by atoms with van der Waals surface area (Å²) in [5.41, 5.74) is 3.62. The molecule has 5 rings (SSSR count). The van der Waals surface area contributed by atoms with E-state index in [0.29, 0.717) is 32.1 Å². The highest BCUT2D eigenvalue weighted by Crippen LogP contribution is 2.36. The summed E-state index contributed by atoms with van der Waals surface area (Å²) in [6.45, 7) is 4.11. The molecule has 0 bridgehead atoms. The summed E-state index contributed by atoms with van der Waals surface area (Å²) >= 11 is 0. The van der Waals surface area contributed by atoms with Crippen LogP contribution in [0.25, 0.3) is 0 Å². The molecule has 2 fully saturated rings. The van der Waals surface area contributed by atoms with E-state index in [1.807, 2.05) is 77.7 Å². The van der Waals surface area contributed by atoms with Crippen molar-refractivity contribution in [2.45, 2.75) is 96.3 Å². The molecule has 45 heavy (non-hydrogen) atoms. The molecule has 1 unspecified atom stereocenters. The highest BCUT2D eigenvalue weighted by molar-refractivity contribution is 6.07. The first kappa shape index (κ1) is 32.3. The van der Waals surface area contributed by atoms with E-state index in [4.69, 9.17) is 5.41 Å². The van der Waals surface area contributed by atoms with Crippen LogP contribution < -0.4 is 10.6 Å². The first-order valence-electron chi connectivity index (χ1n) is 16.8. The standard InChI is InChI=1S/C38H49N5O2/c1-2-3-24-38(26-31-15-9-5-10-16-31)35(44)43(36(39)41-38)29-34-21-19-32(20-22-34)27-40-37(45)42(28-33-17-11-6-12-18-33)25-23-30-13-7-4-8-14-30/h4,6-8,11-14,17-22,31H,2-3,5,9-10,15-16,23-29H2,1H3,(H2,39,41)(H,40,45). The summed E-state index contributed by atoms with van der Waals surface area (Å²) in [6, 6.07) is 28.3. The molecule has 1 aliphatic carbocycles. The molecule has 3 amide bonds. The molecular formula is C38H49N5O2. The lowest BCUT2D eigenvalue weighted by atomic mass is 9.77. The van der Waals surface area contributed by atoms with Crippen LogP contribution in [0.4, 0.5) is 4.79 Å². The van der Waals surface area contributed by atoms with Gasteiger partial charge in [0.15, 0.2) is 5.96 Å². The zero-order valence-electron chi connectivity index (χ0n) is 26.8. The second-order valence-electron chi connectivity index (χ2n) is 12.9. The third-order valence-electron chi connectivity index (χ3n) is 9.43. The number of hydrogen-bond donors (Lipinski definition) is 3. The van der Waals surface area contributed by atoms with Crippen molar-refractivity contribution in [1.29, 1.82) is 5.41 Å². The Labute approximate surface area is 268 Å². The highest BCUT2D eigenvalue weighted by Gasteiger charge is 2.49. The third-order valence-corrected chi connectivity index (χ3v) is 9.43. The maximum absolute atomic E-state index is 13.9. The normalized spacial score (nSPS) is 18.6. The van der Waals surface area contributed by atoms with Gasteiger partial charge in [-0.15, -0.1) is 0 Å². The molecule has 0 radical (unpaired) electrons. The molecule has 3 aromatic rings. The number of hydrogen-bond acceptors (Lipinski definition) is 3. The van der Waals surface area contributed by atoms with E-state index >= 15 is 0 Å². The molecule has 3 N–H and O–H groups in total. The van der Waals surface area contributed by atoms with Crippen molar-refractivity contribution < 1.29 is 9.59 Å². The fourth-order valence-electron chi connectivity index (χ4n) is 6.83. The Kier molecular flexibility index (Phi) is 11.3. The maximum Gasteiger partial charge on any atom is 0.317 e. The zero-order valence-corrected chi connectivity index (χ0v) is 26.8. The van der Waals surface area contributed by atoms with Crippen LogP contribution in [0, 0.1) is 11.3 Å². The molecule has 0 spiro atoms. The Balaban J connectivity index is 1.18. The molecule has 1 aliphatic heterocycles. The number of nitrogens with one attached hydrogen (secondary N) is 3. The number of rotatable bonds is 14. The number of carbonyl (C=O) groups excluding carboxylic acids is 2. The molecule has 238 valence electrons. The average Bonchev–Trinajstić information content (AvgIpc) is 3.30. The third kappa shape index (κ3) is 8.74. The van der Waals surface area contributed by atoms with Crippen molar-refractivity contribution in [2.24, 2.45) is 5.92 Å². The van der Waals surface area contributed by atoms with E-state index in [0.717, 1.165) is 48.8 Å². The number of benzene rings is 3. The van der Waals surface area contributed by atoms with Gasteiger partial charge in [0, 0.05) is 19.6 Å².